The second kappa shape index (κ2) is 5.63. The van der Waals surface area contributed by atoms with Crippen molar-refractivity contribution in [2.75, 3.05) is 5.32 Å². The van der Waals surface area contributed by atoms with Crippen LogP contribution < -0.4 is 5.32 Å². The van der Waals surface area contributed by atoms with E-state index in [2.05, 4.69) is 42.2 Å². The first kappa shape index (κ1) is 13.2. The third kappa shape index (κ3) is 3.17. The summed E-state index contributed by atoms with van der Waals surface area (Å²) in [5.74, 6) is -0.235. The van der Waals surface area contributed by atoms with Crippen molar-refractivity contribution in [3.05, 3.63) is 56.7 Å². The van der Waals surface area contributed by atoms with Gasteiger partial charge in [-0.25, -0.2) is 4.98 Å². The molecular weight excluding hydrogens is 360 g/mol. The van der Waals surface area contributed by atoms with Gasteiger partial charge in [0.1, 0.15) is 10.3 Å². The Bertz CT molecular complexity index is 599. The van der Waals surface area contributed by atoms with Gasteiger partial charge in [0.15, 0.2) is 0 Å². The molecule has 0 bridgehead atoms. The number of nitrogens with zero attached hydrogens (tertiary/aromatic N) is 1. The second-order valence-corrected chi connectivity index (χ2v) is 5.45. The summed E-state index contributed by atoms with van der Waals surface area (Å²) in [5.41, 5.74) is 2.23. The van der Waals surface area contributed by atoms with Gasteiger partial charge in [0.25, 0.3) is 5.91 Å². The minimum absolute atomic E-state index is 0.235. The van der Waals surface area contributed by atoms with Crippen LogP contribution in [0.15, 0.2) is 45.5 Å². The third-order valence-corrected chi connectivity index (χ3v) is 3.42. The molecule has 1 aromatic carbocycles. The zero-order valence-electron chi connectivity index (χ0n) is 9.58. The van der Waals surface area contributed by atoms with Gasteiger partial charge in [0, 0.05) is 4.47 Å². The quantitative estimate of drug-likeness (QED) is 0.807. The number of nitrogens with one attached hydrogen (secondary N) is 1. The number of amides is 1. The summed E-state index contributed by atoms with van der Waals surface area (Å²) < 4.78 is 1.49. The Morgan fingerprint density at radius 1 is 1.22 bits per heavy atom. The van der Waals surface area contributed by atoms with Crippen molar-refractivity contribution in [1.82, 2.24) is 4.98 Å². The van der Waals surface area contributed by atoms with Gasteiger partial charge in [0.05, 0.1) is 5.69 Å². The Morgan fingerprint density at radius 2 is 2.00 bits per heavy atom. The summed E-state index contributed by atoms with van der Waals surface area (Å²) in [6.45, 7) is 1.99. The standard InChI is InChI=1S/C13H10Br2N2O/c1-8-5-6-10(9(14)7-8)17-13(18)11-3-2-4-12(15)16-11/h2-7H,1H3,(H,17,18). The zero-order chi connectivity index (χ0) is 13.1. The van der Waals surface area contributed by atoms with Crippen molar-refractivity contribution >= 4 is 43.5 Å². The van der Waals surface area contributed by atoms with Gasteiger partial charge in [-0.05, 0) is 68.6 Å². The highest BCUT2D eigenvalue weighted by molar-refractivity contribution is 9.10. The molecule has 0 saturated carbocycles. The molecule has 5 heteroatoms. The number of carbonyl (C=O) groups is 1. The van der Waals surface area contributed by atoms with Crippen molar-refractivity contribution in [3.8, 4) is 0 Å². The molecule has 2 rings (SSSR count). The Labute approximate surface area is 122 Å². The molecule has 2 aromatic rings. The molecule has 18 heavy (non-hydrogen) atoms. The SMILES string of the molecule is Cc1ccc(NC(=O)c2cccc(Br)n2)c(Br)c1. The molecule has 0 aliphatic heterocycles. The fourth-order valence-electron chi connectivity index (χ4n) is 1.44. The van der Waals surface area contributed by atoms with E-state index in [0.717, 1.165) is 15.7 Å². The van der Waals surface area contributed by atoms with E-state index < -0.39 is 0 Å². The van der Waals surface area contributed by atoms with E-state index in [9.17, 15) is 4.79 Å². The highest BCUT2D eigenvalue weighted by atomic mass is 79.9. The average Bonchev–Trinajstić information content (AvgIpc) is 2.32. The van der Waals surface area contributed by atoms with Crippen LogP contribution >= 0.6 is 31.9 Å². The van der Waals surface area contributed by atoms with Gasteiger partial charge in [-0.2, -0.15) is 0 Å². The summed E-state index contributed by atoms with van der Waals surface area (Å²) in [6.07, 6.45) is 0. The normalized spacial score (nSPS) is 10.2. The fraction of sp³-hybridized carbons (Fsp3) is 0.0769. The summed E-state index contributed by atoms with van der Waals surface area (Å²) >= 11 is 6.66. The van der Waals surface area contributed by atoms with Crippen LogP contribution in [0.2, 0.25) is 0 Å². The van der Waals surface area contributed by atoms with Crippen LogP contribution in [0, 0.1) is 6.92 Å². The van der Waals surface area contributed by atoms with Crippen LogP contribution in [-0.2, 0) is 0 Å². The van der Waals surface area contributed by atoms with Crippen LogP contribution in [0.4, 0.5) is 5.69 Å². The topological polar surface area (TPSA) is 42.0 Å². The first-order valence-electron chi connectivity index (χ1n) is 5.26. The summed E-state index contributed by atoms with van der Waals surface area (Å²) in [6, 6.07) is 11.0. The van der Waals surface area contributed by atoms with Gasteiger partial charge in [-0.1, -0.05) is 12.1 Å². The molecule has 0 unspecified atom stereocenters. The lowest BCUT2D eigenvalue weighted by atomic mass is 10.2. The number of anilines is 1. The van der Waals surface area contributed by atoms with E-state index in [1.807, 2.05) is 25.1 Å². The first-order chi connectivity index (χ1) is 8.56. The lowest BCUT2D eigenvalue weighted by molar-refractivity contribution is 0.102. The highest BCUT2D eigenvalue weighted by Gasteiger charge is 2.09. The highest BCUT2D eigenvalue weighted by Crippen LogP contribution is 2.23. The van der Waals surface area contributed by atoms with E-state index in [1.165, 1.54) is 0 Å². The minimum Gasteiger partial charge on any atom is -0.320 e. The average molecular weight is 370 g/mol. The molecule has 0 aliphatic rings. The maximum atomic E-state index is 12.0. The van der Waals surface area contributed by atoms with Crippen molar-refractivity contribution in [2.45, 2.75) is 6.92 Å². The molecule has 1 amide bonds. The molecule has 1 aromatic heterocycles. The summed E-state index contributed by atoms with van der Waals surface area (Å²) in [4.78, 5) is 16.1. The zero-order valence-corrected chi connectivity index (χ0v) is 12.7. The number of benzene rings is 1. The third-order valence-electron chi connectivity index (χ3n) is 2.32. The van der Waals surface area contributed by atoms with Crippen LogP contribution in [0.3, 0.4) is 0 Å². The monoisotopic (exact) mass is 368 g/mol. The van der Waals surface area contributed by atoms with Crippen LogP contribution in [0.1, 0.15) is 16.1 Å². The van der Waals surface area contributed by atoms with Crippen molar-refractivity contribution in [3.63, 3.8) is 0 Å². The number of carbonyl (C=O) groups excluding carboxylic acids is 1. The molecule has 3 nitrogen and oxygen atoms in total. The number of aryl methyl sites for hydroxylation is 1. The van der Waals surface area contributed by atoms with Crippen molar-refractivity contribution in [2.24, 2.45) is 0 Å². The Morgan fingerprint density at radius 3 is 2.67 bits per heavy atom. The van der Waals surface area contributed by atoms with Crippen LogP contribution in [0.25, 0.3) is 0 Å². The largest absolute Gasteiger partial charge is 0.320 e. The lowest BCUT2D eigenvalue weighted by Crippen LogP contribution is -2.14. The van der Waals surface area contributed by atoms with Gasteiger partial charge < -0.3 is 5.32 Å². The van der Waals surface area contributed by atoms with E-state index in [-0.39, 0.29) is 5.91 Å². The predicted octanol–water partition coefficient (Wildman–Crippen LogP) is 4.17. The molecule has 1 N–H and O–H groups in total. The Balaban J connectivity index is 2.21. The number of hydrogen-bond acceptors (Lipinski definition) is 2. The molecule has 0 aliphatic carbocycles. The Hall–Kier alpha value is -1.20. The van der Waals surface area contributed by atoms with Crippen LogP contribution in [-0.4, -0.2) is 10.9 Å². The molecule has 0 atom stereocenters. The fourth-order valence-corrected chi connectivity index (χ4v) is 2.38. The number of aromatic nitrogens is 1. The van der Waals surface area contributed by atoms with Crippen molar-refractivity contribution < 1.29 is 4.79 Å². The predicted molar refractivity (Wildman–Crippen MR) is 78.8 cm³/mol. The molecule has 0 saturated heterocycles. The molecule has 0 radical (unpaired) electrons. The summed E-state index contributed by atoms with van der Waals surface area (Å²) in [5, 5.41) is 2.81. The maximum absolute atomic E-state index is 12.0. The Kier molecular flexibility index (Phi) is 4.14. The van der Waals surface area contributed by atoms with E-state index in [1.54, 1.807) is 18.2 Å². The lowest BCUT2D eigenvalue weighted by Gasteiger charge is -2.07. The van der Waals surface area contributed by atoms with E-state index >= 15 is 0 Å². The van der Waals surface area contributed by atoms with Gasteiger partial charge in [-0.15, -0.1) is 0 Å². The minimum atomic E-state index is -0.235. The van der Waals surface area contributed by atoms with Crippen LogP contribution in [0.5, 0.6) is 0 Å². The maximum Gasteiger partial charge on any atom is 0.274 e. The number of rotatable bonds is 2. The van der Waals surface area contributed by atoms with Gasteiger partial charge >= 0.3 is 0 Å². The smallest absolute Gasteiger partial charge is 0.274 e. The first-order valence-corrected chi connectivity index (χ1v) is 6.85. The van der Waals surface area contributed by atoms with Crippen molar-refractivity contribution in [1.29, 1.82) is 0 Å². The molecule has 0 spiro atoms. The molecule has 92 valence electrons. The molecule has 1 heterocycles. The number of halogens is 2. The van der Waals surface area contributed by atoms with E-state index in [4.69, 9.17) is 0 Å². The molecule has 0 fully saturated rings. The van der Waals surface area contributed by atoms with Gasteiger partial charge in [-0.3, -0.25) is 4.79 Å². The van der Waals surface area contributed by atoms with E-state index in [0.29, 0.717) is 10.3 Å². The molecular formula is C13H10Br2N2O. The number of hydrogen-bond donors (Lipinski definition) is 1. The second-order valence-electron chi connectivity index (χ2n) is 3.78. The van der Waals surface area contributed by atoms with Gasteiger partial charge in [0.2, 0.25) is 0 Å². The number of pyridine rings is 1. The summed E-state index contributed by atoms with van der Waals surface area (Å²) in [7, 11) is 0.